The highest BCUT2D eigenvalue weighted by atomic mass is 15.4. The van der Waals surface area contributed by atoms with Gasteiger partial charge in [0.25, 0.3) is 0 Å². The van der Waals surface area contributed by atoms with E-state index >= 15 is 0 Å². The Bertz CT molecular complexity index is 522. The molecular weight excluding hydrogens is 220 g/mol. The van der Waals surface area contributed by atoms with Crippen molar-refractivity contribution in [1.29, 1.82) is 0 Å². The topological polar surface area (TPSA) is 24.1 Å². The van der Waals surface area contributed by atoms with E-state index in [4.69, 9.17) is 0 Å². The predicted molar refractivity (Wildman–Crippen MR) is 74.0 cm³/mol. The minimum atomic E-state index is 0.399. The van der Waals surface area contributed by atoms with Crippen LogP contribution in [0.25, 0.3) is 0 Å². The monoisotopic (exact) mass is 238 g/mol. The number of hydrazine groups is 1. The van der Waals surface area contributed by atoms with Crippen LogP contribution in [0.4, 0.5) is 0 Å². The van der Waals surface area contributed by atoms with Gasteiger partial charge in [0.05, 0.1) is 0 Å². The van der Waals surface area contributed by atoms with Crippen molar-refractivity contribution >= 4 is 0 Å². The van der Waals surface area contributed by atoms with Crippen molar-refractivity contribution in [1.82, 2.24) is 10.9 Å². The number of hydrogen-bond donors (Lipinski definition) is 2. The zero-order valence-corrected chi connectivity index (χ0v) is 10.6. The van der Waals surface area contributed by atoms with E-state index in [1.54, 1.807) is 0 Å². The third-order valence-corrected chi connectivity index (χ3v) is 3.67. The van der Waals surface area contributed by atoms with Crippen LogP contribution in [0.3, 0.4) is 0 Å². The van der Waals surface area contributed by atoms with Crippen molar-refractivity contribution < 1.29 is 0 Å². The highest BCUT2D eigenvalue weighted by Gasteiger charge is 2.26. The Kier molecular flexibility index (Phi) is 3.13. The minimum absolute atomic E-state index is 0.399. The lowest BCUT2D eigenvalue weighted by atomic mass is 9.95. The van der Waals surface area contributed by atoms with Crippen molar-refractivity contribution in [2.75, 3.05) is 0 Å². The Labute approximate surface area is 108 Å². The molecule has 2 nitrogen and oxygen atoms in total. The third kappa shape index (κ3) is 2.17. The van der Waals surface area contributed by atoms with Gasteiger partial charge in [-0.05, 0) is 30.0 Å². The largest absolute Gasteiger partial charge is 0.250 e. The molecular formula is C16H18N2. The molecule has 0 spiro atoms. The number of nitrogens with one attached hydrogen (secondary N) is 2. The van der Waals surface area contributed by atoms with E-state index in [1.807, 2.05) is 0 Å². The summed E-state index contributed by atoms with van der Waals surface area (Å²) in [6.45, 7) is 2.17. The van der Waals surface area contributed by atoms with E-state index in [-0.39, 0.29) is 0 Å². The van der Waals surface area contributed by atoms with Crippen molar-refractivity contribution in [2.24, 2.45) is 0 Å². The summed E-state index contributed by atoms with van der Waals surface area (Å²) in [6, 6.07) is 20.0. The second-order valence-corrected chi connectivity index (χ2v) is 4.90. The van der Waals surface area contributed by atoms with Crippen LogP contribution in [-0.2, 0) is 0 Å². The van der Waals surface area contributed by atoms with E-state index in [0.717, 1.165) is 6.42 Å². The van der Waals surface area contributed by atoms with Crippen molar-refractivity contribution in [3.05, 3.63) is 71.3 Å². The fourth-order valence-electron chi connectivity index (χ4n) is 2.64. The van der Waals surface area contributed by atoms with Crippen LogP contribution >= 0.6 is 0 Å². The molecule has 1 fully saturated rings. The first kappa shape index (κ1) is 11.5. The molecule has 2 unspecified atom stereocenters. The standard InChI is InChI=1S/C16H18N2/c1-12-7-5-6-10-14(12)16-11-15(17-18-16)13-8-3-2-4-9-13/h2-10,15-18H,11H2,1H3. The summed E-state index contributed by atoms with van der Waals surface area (Å²) in [7, 11) is 0. The Morgan fingerprint density at radius 1 is 0.833 bits per heavy atom. The summed E-state index contributed by atoms with van der Waals surface area (Å²) in [5.74, 6) is 0. The summed E-state index contributed by atoms with van der Waals surface area (Å²) in [5.41, 5.74) is 10.9. The molecule has 1 heterocycles. The first-order valence-electron chi connectivity index (χ1n) is 6.46. The number of aryl methyl sites for hydroxylation is 1. The molecule has 0 amide bonds. The predicted octanol–water partition coefficient (Wildman–Crippen LogP) is 3.28. The Morgan fingerprint density at radius 2 is 1.50 bits per heavy atom. The van der Waals surface area contributed by atoms with Gasteiger partial charge >= 0.3 is 0 Å². The first-order chi connectivity index (χ1) is 8.84. The van der Waals surface area contributed by atoms with Crippen molar-refractivity contribution in [3.8, 4) is 0 Å². The van der Waals surface area contributed by atoms with Crippen LogP contribution in [0.1, 0.15) is 35.2 Å². The zero-order valence-electron chi connectivity index (χ0n) is 10.6. The Morgan fingerprint density at radius 3 is 2.28 bits per heavy atom. The van der Waals surface area contributed by atoms with E-state index in [0.29, 0.717) is 12.1 Å². The molecule has 2 aromatic rings. The lowest BCUT2D eigenvalue weighted by Gasteiger charge is -2.12. The van der Waals surface area contributed by atoms with Gasteiger partial charge in [-0.2, -0.15) is 0 Å². The maximum Gasteiger partial charge on any atom is 0.0483 e. The smallest absolute Gasteiger partial charge is 0.0483 e. The fraction of sp³-hybridized carbons (Fsp3) is 0.250. The Hall–Kier alpha value is -1.64. The van der Waals surface area contributed by atoms with Gasteiger partial charge in [0.1, 0.15) is 0 Å². The van der Waals surface area contributed by atoms with Crippen LogP contribution in [0.2, 0.25) is 0 Å². The third-order valence-electron chi connectivity index (χ3n) is 3.67. The van der Waals surface area contributed by atoms with Crippen LogP contribution in [-0.4, -0.2) is 0 Å². The van der Waals surface area contributed by atoms with E-state index in [1.165, 1.54) is 16.7 Å². The van der Waals surface area contributed by atoms with Crippen LogP contribution < -0.4 is 10.9 Å². The van der Waals surface area contributed by atoms with E-state index < -0.39 is 0 Å². The van der Waals surface area contributed by atoms with Crippen LogP contribution in [0, 0.1) is 6.92 Å². The summed E-state index contributed by atoms with van der Waals surface area (Å²) in [6.07, 6.45) is 1.09. The lowest BCUT2D eigenvalue weighted by molar-refractivity contribution is 0.554. The molecule has 0 saturated carbocycles. The van der Waals surface area contributed by atoms with Gasteiger partial charge < -0.3 is 0 Å². The summed E-state index contributed by atoms with van der Waals surface area (Å²) in [5, 5.41) is 0. The highest BCUT2D eigenvalue weighted by molar-refractivity contribution is 5.30. The summed E-state index contributed by atoms with van der Waals surface area (Å²) in [4.78, 5) is 0. The highest BCUT2D eigenvalue weighted by Crippen LogP contribution is 2.31. The van der Waals surface area contributed by atoms with Gasteiger partial charge in [-0.3, -0.25) is 0 Å². The molecule has 2 atom stereocenters. The quantitative estimate of drug-likeness (QED) is 0.839. The summed E-state index contributed by atoms with van der Waals surface area (Å²) < 4.78 is 0. The van der Waals surface area contributed by atoms with Crippen LogP contribution in [0.15, 0.2) is 54.6 Å². The van der Waals surface area contributed by atoms with Gasteiger partial charge in [-0.15, -0.1) is 0 Å². The SMILES string of the molecule is Cc1ccccc1C1CC(c2ccccc2)NN1. The van der Waals surface area contributed by atoms with Crippen molar-refractivity contribution in [2.45, 2.75) is 25.4 Å². The molecule has 92 valence electrons. The molecule has 2 N–H and O–H groups in total. The molecule has 2 aromatic carbocycles. The molecule has 1 aliphatic heterocycles. The average molecular weight is 238 g/mol. The molecule has 18 heavy (non-hydrogen) atoms. The second kappa shape index (κ2) is 4.92. The molecule has 0 aromatic heterocycles. The van der Waals surface area contributed by atoms with Gasteiger partial charge in [-0.1, -0.05) is 54.6 Å². The van der Waals surface area contributed by atoms with Gasteiger partial charge in [0, 0.05) is 12.1 Å². The fourth-order valence-corrected chi connectivity index (χ4v) is 2.64. The second-order valence-electron chi connectivity index (χ2n) is 4.90. The molecule has 1 aliphatic rings. The van der Waals surface area contributed by atoms with Crippen molar-refractivity contribution in [3.63, 3.8) is 0 Å². The molecule has 2 heteroatoms. The van der Waals surface area contributed by atoms with Gasteiger partial charge in [0.2, 0.25) is 0 Å². The zero-order chi connectivity index (χ0) is 12.4. The van der Waals surface area contributed by atoms with Crippen LogP contribution in [0.5, 0.6) is 0 Å². The number of benzene rings is 2. The maximum atomic E-state index is 3.41. The van der Waals surface area contributed by atoms with Gasteiger partial charge in [-0.25, -0.2) is 10.9 Å². The van der Waals surface area contributed by atoms with E-state index in [2.05, 4.69) is 72.4 Å². The maximum absolute atomic E-state index is 3.41. The molecule has 0 aliphatic carbocycles. The Balaban J connectivity index is 1.78. The molecule has 0 radical (unpaired) electrons. The first-order valence-corrected chi connectivity index (χ1v) is 6.46. The molecule has 3 rings (SSSR count). The lowest BCUT2D eigenvalue weighted by Crippen LogP contribution is -2.26. The van der Waals surface area contributed by atoms with Gasteiger partial charge in [0.15, 0.2) is 0 Å². The summed E-state index contributed by atoms with van der Waals surface area (Å²) >= 11 is 0. The number of hydrogen-bond acceptors (Lipinski definition) is 2. The molecule has 0 bridgehead atoms. The minimum Gasteiger partial charge on any atom is -0.250 e. The average Bonchev–Trinajstić information content (AvgIpc) is 2.90. The normalized spacial score (nSPS) is 23.2. The molecule has 1 saturated heterocycles. The van der Waals surface area contributed by atoms with E-state index in [9.17, 15) is 0 Å². The number of rotatable bonds is 2.